The molecule has 0 radical (unpaired) electrons. The predicted molar refractivity (Wildman–Crippen MR) is 71.2 cm³/mol. The van der Waals surface area contributed by atoms with Gasteiger partial charge in [0.1, 0.15) is 4.90 Å². The predicted octanol–water partition coefficient (Wildman–Crippen LogP) is 0.810. The minimum atomic E-state index is -3.47. The summed E-state index contributed by atoms with van der Waals surface area (Å²) in [4.78, 5) is 0.303. The lowest BCUT2D eigenvalue weighted by Gasteiger charge is -2.31. The lowest BCUT2D eigenvalue weighted by Crippen LogP contribution is -2.40. The molecule has 0 amide bonds. The number of piperidine rings is 1. The molecule has 1 aromatic heterocycles. The Morgan fingerprint density at radius 3 is 2.79 bits per heavy atom. The van der Waals surface area contributed by atoms with Crippen molar-refractivity contribution in [2.45, 2.75) is 38.0 Å². The van der Waals surface area contributed by atoms with Gasteiger partial charge in [0.15, 0.2) is 0 Å². The van der Waals surface area contributed by atoms with E-state index in [-0.39, 0.29) is 12.5 Å². The van der Waals surface area contributed by atoms with Crippen LogP contribution < -0.4 is 0 Å². The van der Waals surface area contributed by atoms with Gasteiger partial charge >= 0.3 is 0 Å². The van der Waals surface area contributed by atoms with Gasteiger partial charge in [0.25, 0.3) is 0 Å². The van der Waals surface area contributed by atoms with Crippen LogP contribution in [0.5, 0.6) is 0 Å². The highest BCUT2D eigenvalue weighted by Crippen LogP contribution is 2.27. The third-order valence-electron chi connectivity index (χ3n) is 3.68. The highest BCUT2D eigenvalue weighted by Gasteiger charge is 2.33. The van der Waals surface area contributed by atoms with Crippen LogP contribution in [0, 0.1) is 19.8 Å². The van der Waals surface area contributed by atoms with E-state index >= 15 is 0 Å². The van der Waals surface area contributed by atoms with E-state index in [2.05, 4.69) is 10.2 Å². The molecule has 0 bridgehead atoms. The van der Waals surface area contributed by atoms with E-state index in [0.717, 1.165) is 12.8 Å². The zero-order valence-electron chi connectivity index (χ0n) is 11.4. The van der Waals surface area contributed by atoms with Gasteiger partial charge in [0, 0.05) is 19.7 Å². The first-order valence-electron chi connectivity index (χ1n) is 6.59. The lowest BCUT2D eigenvalue weighted by atomic mass is 9.97. The number of aryl methyl sites for hydroxylation is 2. The third kappa shape index (κ3) is 2.82. The average Bonchev–Trinajstić information content (AvgIpc) is 2.70. The maximum atomic E-state index is 12.6. The number of H-pyrrole nitrogens is 1. The second-order valence-corrected chi connectivity index (χ2v) is 7.02. The number of aliphatic hydroxyl groups excluding tert-OH is 1. The molecule has 0 aliphatic carbocycles. The third-order valence-corrected chi connectivity index (χ3v) is 5.81. The molecule has 7 heteroatoms. The van der Waals surface area contributed by atoms with Gasteiger partial charge in [-0.15, -0.1) is 0 Å². The first-order valence-corrected chi connectivity index (χ1v) is 8.03. The molecule has 0 saturated carbocycles. The van der Waals surface area contributed by atoms with Crippen LogP contribution in [0.1, 0.15) is 30.7 Å². The monoisotopic (exact) mass is 287 g/mol. The van der Waals surface area contributed by atoms with Crippen LogP contribution >= 0.6 is 0 Å². The highest BCUT2D eigenvalue weighted by molar-refractivity contribution is 7.89. The van der Waals surface area contributed by atoms with Crippen molar-refractivity contribution in [1.29, 1.82) is 0 Å². The van der Waals surface area contributed by atoms with E-state index < -0.39 is 10.0 Å². The zero-order chi connectivity index (χ0) is 14.0. The van der Waals surface area contributed by atoms with Crippen LogP contribution in [-0.2, 0) is 10.0 Å². The molecular weight excluding hydrogens is 266 g/mol. The number of aliphatic hydroxyl groups is 1. The number of aromatic nitrogens is 2. The molecule has 1 fully saturated rings. The molecule has 0 spiro atoms. The van der Waals surface area contributed by atoms with Crippen molar-refractivity contribution < 1.29 is 13.5 Å². The summed E-state index contributed by atoms with van der Waals surface area (Å²) in [6.07, 6.45) is 2.49. The highest BCUT2D eigenvalue weighted by atomic mass is 32.2. The van der Waals surface area contributed by atoms with E-state index in [9.17, 15) is 8.42 Å². The van der Waals surface area contributed by atoms with Crippen LogP contribution in [0.2, 0.25) is 0 Å². The molecule has 1 aromatic rings. The van der Waals surface area contributed by atoms with Gasteiger partial charge in [0.05, 0.1) is 11.4 Å². The number of hydrogen-bond acceptors (Lipinski definition) is 4. The molecule has 19 heavy (non-hydrogen) atoms. The SMILES string of the molecule is Cc1n[nH]c(C)c1S(=O)(=O)N1CCCC(CCO)C1. The smallest absolute Gasteiger partial charge is 0.246 e. The fourth-order valence-corrected chi connectivity index (χ4v) is 4.60. The molecule has 0 aromatic carbocycles. The van der Waals surface area contributed by atoms with Gasteiger partial charge in [-0.05, 0) is 39.0 Å². The summed E-state index contributed by atoms with van der Waals surface area (Å²) < 4.78 is 26.8. The zero-order valence-corrected chi connectivity index (χ0v) is 12.2. The molecule has 1 atom stereocenters. The van der Waals surface area contributed by atoms with Crippen LogP contribution in [0.4, 0.5) is 0 Å². The summed E-state index contributed by atoms with van der Waals surface area (Å²) in [6, 6.07) is 0. The molecule has 2 rings (SSSR count). The molecule has 108 valence electrons. The van der Waals surface area contributed by atoms with Crippen LogP contribution in [0.15, 0.2) is 4.90 Å². The average molecular weight is 287 g/mol. The Balaban J connectivity index is 2.25. The van der Waals surface area contributed by atoms with Crippen molar-refractivity contribution in [3.8, 4) is 0 Å². The van der Waals surface area contributed by atoms with E-state index in [1.165, 1.54) is 4.31 Å². The first-order chi connectivity index (χ1) is 8.96. The minimum Gasteiger partial charge on any atom is -0.396 e. The Hall–Kier alpha value is -0.920. The van der Waals surface area contributed by atoms with E-state index in [4.69, 9.17) is 5.11 Å². The summed E-state index contributed by atoms with van der Waals surface area (Å²) in [5.74, 6) is 0.251. The molecule has 2 heterocycles. The molecule has 1 unspecified atom stereocenters. The fraction of sp³-hybridized carbons (Fsp3) is 0.750. The Morgan fingerprint density at radius 2 is 2.21 bits per heavy atom. The maximum Gasteiger partial charge on any atom is 0.246 e. The summed E-state index contributed by atoms with van der Waals surface area (Å²) >= 11 is 0. The first kappa shape index (κ1) is 14.5. The van der Waals surface area contributed by atoms with E-state index in [1.807, 2.05) is 0 Å². The van der Waals surface area contributed by atoms with Crippen molar-refractivity contribution in [1.82, 2.24) is 14.5 Å². The molecule has 2 N–H and O–H groups in total. The second kappa shape index (κ2) is 5.60. The number of nitrogens with one attached hydrogen (secondary N) is 1. The second-order valence-electron chi connectivity index (χ2n) is 5.15. The summed E-state index contributed by atoms with van der Waals surface area (Å²) in [5.41, 5.74) is 1.10. The number of aromatic amines is 1. The topological polar surface area (TPSA) is 86.3 Å². The van der Waals surface area contributed by atoms with E-state index in [1.54, 1.807) is 13.8 Å². The minimum absolute atomic E-state index is 0.113. The van der Waals surface area contributed by atoms with Gasteiger partial charge in [-0.25, -0.2) is 8.42 Å². The van der Waals surface area contributed by atoms with Crippen molar-refractivity contribution in [2.75, 3.05) is 19.7 Å². The molecular formula is C12H21N3O3S. The van der Waals surface area contributed by atoms with Crippen molar-refractivity contribution >= 4 is 10.0 Å². The Kier molecular flexibility index (Phi) is 4.27. The summed E-state index contributed by atoms with van der Waals surface area (Å²) in [7, 11) is -3.47. The van der Waals surface area contributed by atoms with Crippen molar-refractivity contribution in [2.24, 2.45) is 5.92 Å². The molecule has 6 nitrogen and oxygen atoms in total. The van der Waals surface area contributed by atoms with Crippen molar-refractivity contribution in [3.63, 3.8) is 0 Å². The van der Waals surface area contributed by atoms with Gasteiger partial charge in [-0.1, -0.05) is 0 Å². The van der Waals surface area contributed by atoms with Crippen LogP contribution in [0.25, 0.3) is 0 Å². The van der Waals surface area contributed by atoms with Gasteiger partial charge in [-0.3, -0.25) is 5.10 Å². The molecule has 1 aliphatic rings. The summed E-state index contributed by atoms with van der Waals surface area (Å²) in [5, 5.41) is 15.7. The standard InChI is InChI=1S/C12H21N3O3S/c1-9-12(10(2)14-13-9)19(17,18)15-6-3-4-11(8-15)5-7-16/h11,16H,3-8H2,1-2H3,(H,13,14). The molecule has 1 aliphatic heterocycles. The Labute approximate surface area is 113 Å². The maximum absolute atomic E-state index is 12.6. The number of nitrogens with zero attached hydrogens (tertiary/aromatic N) is 2. The molecule has 1 saturated heterocycles. The Morgan fingerprint density at radius 1 is 1.47 bits per heavy atom. The normalized spacial score (nSPS) is 21.7. The van der Waals surface area contributed by atoms with Gasteiger partial charge < -0.3 is 5.11 Å². The quantitative estimate of drug-likeness (QED) is 0.858. The van der Waals surface area contributed by atoms with Crippen LogP contribution in [-0.4, -0.2) is 47.7 Å². The fourth-order valence-electron chi connectivity index (χ4n) is 2.71. The van der Waals surface area contributed by atoms with Crippen molar-refractivity contribution in [3.05, 3.63) is 11.4 Å². The van der Waals surface area contributed by atoms with Crippen LogP contribution in [0.3, 0.4) is 0 Å². The summed E-state index contributed by atoms with van der Waals surface area (Å²) in [6.45, 7) is 4.58. The van der Waals surface area contributed by atoms with Gasteiger partial charge in [0.2, 0.25) is 10.0 Å². The van der Waals surface area contributed by atoms with Gasteiger partial charge in [-0.2, -0.15) is 9.40 Å². The van der Waals surface area contributed by atoms with E-state index in [0.29, 0.717) is 35.8 Å². The largest absolute Gasteiger partial charge is 0.396 e. The number of sulfonamides is 1. The lowest BCUT2D eigenvalue weighted by molar-refractivity contribution is 0.203. The Bertz CT molecular complexity index is 517. The number of rotatable bonds is 4. The number of hydrogen-bond donors (Lipinski definition) is 2.